The first kappa shape index (κ1) is 10.6. The molecule has 2 nitrogen and oxygen atoms in total. The maximum Gasteiger partial charge on any atom is 0.134 e. The second-order valence-corrected chi connectivity index (χ2v) is 3.94. The van der Waals surface area contributed by atoms with Crippen LogP contribution in [0.3, 0.4) is 0 Å². The molecule has 0 aromatic heterocycles. The molecule has 0 aromatic rings. The maximum atomic E-state index is 10.8. The van der Waals surface area contributed by atoms with E-state index in [4.69, 9.17) is 4.74 Å². The highest BCUT2D eigenvalue weighted by molar-refractivity contribution is 5.77. The van der Waals surface area contributed by atoms with Crippen LogP contribution < -0.4 is 0 Å². The predicted molar refractivity (Wildman–Crippen MR) is 45.6 cm³/mol. The van der Waals surface area contributed by atoms with E-state index in [9.17, 15) is 4.79 Å². The first-order chi connectivity index (χ1) is 4.83. The first-order valence-corrected chi connectivity index (χ1v) is 3.97. The Labute approximate surface area is 68.9 Å². The third-order valence-corrected chi connectivity index (χ3v) is 1.46. The van der Waals surface area contributed by atoms with Gasteiger partial charge in [0.25, 0.3) is 0 Å². The molecule has 0 bridgehead atoms. The second kappa shape index (κ2) is 3.86. The molecule has 0 unspecified atom stereocenters. The number of ketones is 1. The number of carbonyl (C=O) groups is 1. The van der Waals surface area contributed by atoms with Crippen LogP contribution in [-0.4, -0.2) is 18.0 Å². The van der Waals surface area contributed by atoms with Gasteiger partial charge in [-0.25, -0.2) is 0 Å². The predicted octanol–water partition coefficient (Wildman–Crippen LogP) is 2.03. The molecule has 0 N–H and O–H groups in total. The lowest BCUT2D eigenvalue weighted by Crippen LogP contribution is -2.25. The summed E-state index contributed by atoms with van der Waals surface area (Å²) >= 11 is 0. The van der Waals surface area contributed by atoms with Crippen LogP contribution in [0.2, 0.25) is 0 Å². The van der Waals surface area contributed by atoms with Crippen molar-refractivity contribution in [1.29, 1.82) is 0 Å². The van der Waals surface area contributed by atoms with E-state index in [1.54, 1.807) is 6.92 Å². The quantitative estimate of drug-likeness (QED) is 0.628. The minimum Gasteiger partial charge on any atom is -0.375 e. The van der Waals surface area contributed by atoms with E-state index in [1.165, 1.54) is 0 Å². The zero-order valence-electron chi connectivity index (χ0n) is 8.10. The summed E-state index contributed by atoms with van der Waals surface area (Å²) in [6.07, 6.45) is 0. The van der Waals surface area contributed by atoms with Crippen molar-refractivity contribution in [2.75, 3.05) is 6.61 Å². The second-order valence-electron chi connectivity index (χ2n) is 3.94. The lowest BCUT2D eigenvalue weighted by molar-refractivity contribution is -0.124. The monoisotopic (exact) mass is 158 g/mol. The van der Waals surface area contributed by atoms with Crippen molar-refractivity contribution in [3.8, 4) is 0 Å². The zero-order valence-corrected chi connectivity index (χ0v) is 8.10. The van der Waals surface area contributed by atoms with Crippen molar-refractivity contribution < 1.29 is 9.53 Å². The van der Waals surface area contributed by atoms with Crippen LogP contribution in [-0.2, 0) is 9.53 Å². The molecule has 0 rings (SSSR count). The largest absolute Gasteiger partial charge is 0.375 e. The number of rotatable bonds is 3. The van der Waals surface area contributed by atoms with Gasteiger partial charge in [-0.3, -0.25) is 4.79 Å². The van der Waals surface area contributed by atoms with Gasteiger partial charge in [0.1, 0.15) is 5.78 Å². The van der Waals surface area contributed by atoms with E-state index < -0.39 is 0 Å². The summed E-state index contributed by atoms with van der Waals surface area (Å²) in [5.74, 6) is 0.212. The van der Waals surface area contributed by atoms with Crippen molar-refractivity contribution in [2.24, 2.45) is 5.92 Å². The highest BCUT2D eigenvalue weighted by atomic mass is 16.5. The van der Waals surface area contributed by atoms with E-state index in [1.807, 2.05) is 27.7 Å². The van der Waals surface area contributed by atoms with Crippen molar-refractivity contribution >= 4 is 5.78 Å². The fraction of sp³-hybridized carbons (Fsp3) is 0.889. The zero-order chi connectivity index (χ0) is 9.07. The highest BCUT2D eigenvalue weighted by Crippen LogP contribution is 2.09. The maximum absolute atomic E-state index is 10.8. The smallest absolute Gasteiger partial charge is 0.134 e. The Morgan fingerprint density at radius 1 is 1.45 bits per heavy atom. The van der Waals surface area contributed by atoms with Gasteiger partial charge in [-0.2, -0.15) is 0 Å². The van der Waals surface area contributed by atoms with Crippen LogP contribution in [0.25, 0.3) is 0 Å². The minimum absolute atomic E-state index is 0.0224. The molecule has 11 heavy (non-hydrogen) atoms. The fourth-order valence-electron chi connectivity index (χ4n) is 0.492. The highest BCUT2D eigenvalue weighted by Gasteiger charge is 2.14. The van der Waals surface area contributed by atoms with E-state index in [0.717, 1.165) is 0 Å². The summed E-state index contributed by atoms with van der Waals surface area (Å²) in [6, 6.07) is 0. The van der Waals surface area contributed by atoms with E-state index >= 15 is 0 Å². The number of carbonyl (C=O) groups excluding carboxylic acids is 1. The molecule has 0 aliphatic heterocycles. The first-order valence-electron chi connectivity index (χ1n) is 3.97. The summed E-state index contributed by atoms with van der Waals surface area (Å²) in [6.45, 7) is 9.96. The summed E-state index contributed by atoms with van der Waals surface area (Å²) in [5.41, 5.74) is -0.135. The molecule has 0 aliphatic carbocycles. The van der Waals surface area contributed by atoms with Gasteiger partial charge in [0, 0.05) is 5.92 Å². The summed E-state index contributed by atoms with van der Waals surface area (Å²) in [7, 11) is 0. The van der Waals surface area contributed by atoms with Crippen LogP contribution in [0.1, 0.15) is 34.6 Å². The number of hydrogen-bond acceptors (Lipinski definition) is 2. The van der Waals surface area contributed by atoms with Gasteiger partial charge >= 0.3 is 0 Å². The Morgan fingerprint density at radius 2 is 1.91 bits per heavy atom. The van der Waals surface area contributed by atoms with Crippen LogP contribution in [0.15, 0.2) is 0 Å². The Hall–Kier alpha value is -0.370. The van der Waals surface area contributed by atoms with Crippen molar-refractivity contribution in [1.82, 2.24) is 0 Å². The molecular weight excluding hydrogens is 140 g/mol. The molecule has 1 atom stereocenters. The number of Topliss-reactive ketones (excluding diaryl/α,β-unsaturated/α-hetero) is 1. The standard InChI is InChI=1S/C9H18O2/c1-7(8(2)10)6-11-9(3,4)5/h7H,6H2,1-5H3/t7-/m0/s1. The van der Waals surface area contributed by atoms with Gasteiger partial charge in [-0.05, 0) is 27.7 Å². The van der Waals surface area contributed by atoms with Gasteiger partial charge in [-0.1, -0.05) is 6.92 Å². The van der Waals surface area contributed by atoms with Gasteiger partial charge < -0.3 is 4.74 Å². The molecule has 0 saturated heterocycles. The minimum atomic E-state index is -0.135. The van der Waals surface area contributed by atoms with Crippen molar-refractivity contribution in [3.05, 3.63) is 0 Å². The molecule has 0 radical (unpaired) electrons. The average Bonchev–Trinajstić information content (AvgIpc) is 1.80. The molecular formula is C9H18O2. The molecule has 0 aliphatic rings. The Morgan fingerprint density at radius 3 is 2.18 bits per heavy atom. The number of ether oxygens (including phenoxy) is 1. The molecule has 0 saturated carbocycles. The normalized spacial score (nSPS) is 14.6. The summed E-state index contributed by atoms with van der Waals surface area (Å²) in [5, 5.41) is 0. The topological polar surface area (TPSA) is 26.3 Å². The summed E-state index contributed by atoms with van der Waals surface area (Å²) in [4.78, 5) is 10.8. The van der Waals surface area contributed by atoms with Crippen LogP contribution in [0, 0.1) is 5.92 Å². The molecule has 66 valence electrons. The molecule has 0 heterocycles. The van der Waals surface area contributed by atoms with E-state index in [0.29, 0.717) is 6.61 Å². The van der Waals surface area contributed by atoms with E-state index in [-0.39, 0.29) is 17.3 Å². The van der Waals surface area contributed by atoms with E-state index in [2.05, 4.69) is 0 Å². The SMILES string of the molecule is CC(=O)[C@@H](C)COC(C)(C)C. The molecule has 0 spiro atoms. The van der Waals surface area contributed by atoms with Crippen LogP contribution >= 0.6 is 0 Å². The molecule has 0 amide bonds. The molecule has 0 aromatic carbocycles. The van der Waals surface area contributed by atoms with Crippen molar-refractivity contribution in [3.63, 3.8) is 0 Å². The Kier molecular flexibility index (Phi) is 3.73. The van der Waals surface area contributed by atoms with Crippen LogP contribution in [0.4, 0.5) is 0 Å². The fourth-order valence-corrected chi connectivity index (χ4v) is 0.492. The van der Waals surface area contributed by atoms with Gasteiger partial charge in [0.2, 0.25) is 0 Å². The van der Waals surface area contributed by atoms with Gasteiger partial charge in [0.15, 0.2) is 0 Å². The molecule has 0 fully saturated rings. The van der Waals surface area contributed by atoms with Gasteiger partial charge in [-0.15, -0.1) is 0 Å². The average molecular weight is 158 g/mol. The third kappa shape index (κ3) is 6.05. The molecule has 2 heteroatoms. The Balaban J connectivity index is 3.63. The van der Waals surface area contributed by atoms with Crippen molar-refractivity contribution in [2.45, 2.75) is 40.2 Å². The third-order valence-electron chi connectivity index (χ3n) is 1.46. The lowest BCUT2D eigenvalue weighted by atomic mass is 10.1. The van der Waals surface area contributed by atoms with Gasteiger partial charge in [0.05, 0.1) is 12.2 Å². The summed E-state index contributed by atoms with van der Waals surface area (Å²) < 4.78 is 5.43. The lowest BCUT2D eigenvalue weighted by Gasteiger charge is -2.21. The Bertz CT molecular complexity index is 133. The van der Waals surface area contributed by atoms with Crippen LogP contribution in [0.5, 0.6) is 0 Å². The number of hydrogen-bond donors (Lipinski definition) is 0.